The van der Waals surface area contributed by atoms with Gasteiger partial charge in [-0.1, -0.05) is 23.2 Å². The highest BCUT2D eigenvalue weighted by molar-refractivity contribution is 6.34. The molecule has 0 saturated carbocycles. The second kappa shape index (κ2) is 6.41. The lowest BCUT2D eigenvalue weighted by Gasteiger charge is -1.99. The average molecular weight is 296 g/mol. The van der Waals surface area contributed by atoms with Gasteiger partial charge in [0, 0.05) is 28.5 Å². The SMILES string of the molecule is O=C(C=Cc1cc(Cl)cc(Cl)c1)NCc1ncc[nH]1. The van der Waals surface area contributed by atoms with Gasteiger partial charge in [-0.05, 0) is 29.8 Å². The summed E-state index contributed by atoms with van der Waals surface area (Å²) >= 11 is 11.7. The fourth-order valence-electron chi connectivity index (χ4n) is 1.47. The molecule has 2 aromatic rings. The number of aromatic amines is 1. The van der Waals surface area contributed by atoms with Crippen molar-refractivity contribution < 1.29 is 4.79 Å². The van der Waals surface area contributed by atoms with E-state index in [0.29, 0.717) is 22.4 Å². The Morgan fingerprint density at radius 3 is 2.68 bits per heavy atom. The first-order valence-electron chi connectivity index (χ1n) is 5.54. The molecule has 19 heavy (non-hydrogen) atoms. The molecule has 0 fully saturated rings. The second-order valence-electron chi connectivity index (χ2n) is 3.79. The Labute approximate surface area is 120 Å². The summed E-state index contributed by atoms with van der Waals surface area (Å²) in [5, 5.41) is 3.76. The lowest BCUT2D eigenvalue weighted by Crippen LogP contribution is -2.20. The van der Waals surface area contributed by atoms with Crippen molar-refractivity contribution in [3.8, 4) is 0 Å². The molecule has 0 spiro atoms. The Bertz CT molecular complexity index is 574. The first-order chi connectivity index (χ1) is 9.13. The molecule has 0 bridgehead atoms. The molecule has 4 nitrogen and oxygen atoms in total. The van der Waals surface area contributed by atoms with E-state index in [1.165, 1.54) is 6.08 Å². The van der Waals surface area contributed by atoms with Crippen molar-refractivity contribution >= 4 is 35.2 Å². The predicted molar refractivity (Wildman–Crippen MR) is 75.9 cm³/mol. The van der Waals surface area contributed by atoms with Crippen LogP contribution in [0.1, 0.15) is 11.4 Å². The van der Waals surface area contributed by atoms with Crippen molar-refractivity contribution in [3.05, 3.63) is 58.1 Å². The summed E-state index contributed by atoms with van der Waals surface area (Å²) in [6.07, 6.45) is 6.40. The molecule has 1 aromatic heterocycles. The van der Waals surface area contributed by atoms with Crippen LogP contribution in [0.15, 0.2) is 36.7 Å². The van der Waals surface area contributed by atoms with Gasteiger partial charge in [0.25, 0.3) is 0 Å². The molecular weight excluding hydrogens is 285 g/mol. The average Bonchev–Trinajstić information content (AvgIpc) is 2.86. The molecule has 0 atom stereocenters. The van der Waals surface area contributed by atoms with Gasteiger partial charge in [-0.3, -0.25) is 4.79 Å². The summed E-state index contributed by atoms with van der Waals surface area (Å²) in [7, 11) is 0. The highest BCUT2D eigenvalue weighted by Gasteiger charge is 1.99. The van der Waals surface area contributed by atoms with Crippen molar-refractivity contribution in [2.75, 3.05) is 0 Å². The van der Waals surface area contributed by atoms with Crippen LogP contribution in [0, 0.1) is 0 Å². The van der Waals surface area contributed by atoms with E-state index >= 15 is 0 Å². The molecule has 1 amide bonds. The lowest BCUT2D eigenvalue weighted by molar-refractivity contribution is -0.116. The number of H-pyrrole nitrogens is 1. The van der Waals surface area contributed by atoms with E-state index in [0.717, 1.165) is 5.56 Å². The Morgan fingerprint density at radius 1 is 1.32 bits per heavy atom. The van der Waals surface area contributed by atoms with Crippen molar-refractivity contribution in [2.24, 2.45) is 0 Å². The maximum atomic E-state index is 11.6. The molecule has 0 aliphatic carbocycles. The summed E-state index contributed by atoms with van der Waals surface area (Å²) in [6, 6.07) is 5.09. The van der Waals surface area contributed by atoms with Crippen LogP contribution >= 0.6 is 23.2 Å². The van der Waals surface area contributed by atoms with Gasteiger partial charge in [0.15, 0.2) is 0 Å². The third kappa shape index (κ3) is 4.43. The fourth-order valence-corrected chi connectivity index (χ4v) is 2.01. The zero-order valence-electron chi connectivity index (χ0n) is 9.86. The number of carbonyl (C=O) groups is 1. The van der Waals surface area contributed by atoms with Crippen molar-refractivity contribution in [1.29, 1.82) is 0 Å². The van der Waals surface area contributed by atoms with Gasteiger partial charge < -0.3 is 10.3 Å². The maximum absolute atomic E-state index is 11.6. The van der Waals surface area contributed by atoms with Crippen LogP contribution in [0.3, 0.4) is 0 Å². The molecule has 2 rings (SSSR count). The van der Waals surface area contributed by atoms with E-state index < -0.39 is 0 Å². The fraction of sp³-hybridized carbons (Fsp3) is 0.0769. The molecule has 0 unspecified atom stereocenters. The first kappa shape index (κ1) is 13.6. The van der Waals surface area contributed by atoms with E-state index in [9.17, 15) is 4.79 Å². The van der Waals surface area contributed by atoms with Crippen LogP contribution in [0.4, 0.5) is 0 Å². The number of carbonyl (C=O) groups excluding carboxylic acids is 1. The number of nitrogens with zero attached hydrogens (tertiary/aromatic N) is 1. The Kier molecular flexibility index (Phi) is 4.60. The van der Waals surface area contributed by atoms with Crippen LogP contribution in [0.2, 0.25) is 10.0 Å². The number of aromatic nitrogens is 2. The van der Waals surface area contributed by atoms with Crippen LogP contribution < -0.4 is 5.32 Å². The number of hydrogen-bond acceptors (Lipinski definition) is 2. The third-order valence-corrected chi connectivity index (χ3v) is 2.73. The standard InChI is InChI=1S/C13H11Cl2N3O/c14-10-5-9(6-11(15)7-10)1-2-13(19)18-8-12-16-3-4-17-12/h1-7H,8H2,(H,16,17)(H,18,19). The summed E-state index contributed by atoms with van der Waals surface area (Å²) < 4.78 is 0. The minimum Gasteiger partial charge on any atom is -0.347 e. The van der Waals surface area contributed by atoms with Crippen molar-refractivity contribution in [1.82, 2.24) is 15.3 Å². The van der Waals surface area contributed by atoms with Gasteiger partial charge >= 0.3 is 0 Å². The topological polar surface area (TPSA) is 57.8 Å². The maximum Gasteiger partial charge on any atom is 0.244 e. The van der Waals surface area contributed by atoms with Crippen LogP contribution in [-0.2, 0) is 11.3 Å². The highest BCUT2D eigenvalue weighted by atomic mass is 35.5. The van der Waals surface area contributed by atoms with Crippen LogP contribution in [0.5, 0.6) is 0 Å². The van der Waals surface area contributed by atoms with Gasteiger partial charge in [-0.15, -0.1) is 0 Å². The smallest absolute Gasteiger partial charge is 0.244 e. The number of imidazole rings is 1. The number of nitrogens with one attached hydrogen (secondary N) is 2. The number of benzene rings is 1. The summed E-state index contributed by atoms with van der Waals surface area (Å²) in [5.41, 5.74) is 0.769. The molecule has 6 heteroatoms. The molecule has 1 heterocycles. The van der Waals surface area contributed by atoms with Gasteiger partial charge in [0.05, 0.1) is 6.54 Å². The summed E-state index contributed by atoms with van der Waals surface area (Å²) in [6.45, 7) is 0.354. The summed E-state index contributed by atoms with van der Waals surface area (Å²) in [4.78, 5) is 18.5. The van der Waals surface area contributed by atoms with Crippen LogP contribution in [-0.4, -0.2) is 15.9 Å². The largest absolute Gasteiger partial charge is 0.347 e. The first-order valence-corrected chi connectivity index (χ1v) is 6.29. The van der Waals surface area contributed by atoms with Gasteiger partial charge in [-0.25, -0.2) is 4.98 Å². The van der Waals surface area contributed by atoms with Crippen molar-refractivity contribution in [2.45, 2.75) is 6.54 Å². The van der Waals surface area contributed by atoms with E-state index in [4.69, 9.17) is 23.2 Å². The number of rotatable bonds is 4. The lowest BCUT2D eigenvalue weighted by atomic mass is 10.2. The number of halogens is 2. The van der Waals surface area contributed by atoms with Crippen molar-refractivity contribution in [3.63, 3.8) is 0 Å². The van der Waals surface area contributed by atoms with Gasteiger partial charge in [0.2, 0.25) is 5.91 Å². The van der Waals surface area contributed by atoms with E-state index in [-0.39, 0.29) is 5.91 Å². The molecule has 0 aliphatic rings. The van der Waals surface area contributed by atoms with E-state index in [1.54, 1.807) is 36.7 Å². The third-order valence-electron chi connectivity index (χ3n) is 2.30. The van der Waals surface area contributed by atoms with Crippen LogP contribution in [0.25, 0.3) is 6.08 Å². The van der Waals surface area contributed by atoms with Gasteiger partial charge in [0.1, 0.15) is 5.82 Å². The Balaban J connectivity index is 1.92. The van der Waals surface area contributed by atoms with E-state index in [1.807, 2.05) is 0 Å². The molecule has 0 aliphatic heterocycles. The molecule has 1 aromatic carbocycles. The molecule has 0 saturated heterocycles. The predicted octanol–water partition coefficient (Wildman–Crippen LogP) is 3.05. The zero-order valence-corrected chi connectivity index (χ0v) is 11.4. The molecule has 98 valence electrons. The Hall–Kier alpha value is -1.78. The number of hydrogen-bond donors (Lipinski definition) is 2. The quantitative estimate of drug-likeness (QED) is 0.852. The normalized spacial score (nSPS) is 10.8. The zero-order chi connectivity index (χ0) is 13.7. The minimum atomic E-state index is -0.215. The monoisotopic (exact) mass is 295 g/mol. The molecule has 2 N–H and O–H groups in total. The number of amides is 1. The summed E-state index contributed by atoms with van der Waals surface area (Å²) in [5.74, 6) is 0.486. The Morgan fingerprint density at radius 2 is 2.05 bits per heavy atom. The highest BCUT2D eigenvalue weighted by Crippen LogP contribution is 2.19. The van der Waals surface area contributed by atoms with Gasteiger partial charge in [-0.2, -0.15) is 0 Å². The molecule has 0 radical (unpaired) electrons. The second-order valence-corrected chi connectivity index (χ2v) is 4.66. The minimum absolute atomic E-state index is 0.215. The van der Waals surface area contributed by atoms with E-state index in [2.05, 4.69) is 15.3 Å². The molecular formula is C13H11Cl2N3O.